The Bertz CT molecular complexity index is 3150. The van der Waals surface area contributed by atoms with Gasteiger partial charge in [0.05, 0.1) is 48.5 Å². The molecule has 2 saturated heterocycles. The number of aromatic nitrogens is 4. The van der Waals surface area contributed by atoms with Crippen LogP contribution in [0, 0.1) is 35.5 Å². The first kappa shape index (κ1) is 57.2. The number of aliphatic imine (C=N–C) groups is 4. The van der Waals surface area contributed by atoms with Gasteiger partial charge in [-0.1, -0.05) is 0 Å². The van der Waals surface area contributed by atoms with E-state index in [1.54, 1.807) is 24.3 Å². The number of fused-ring (bicyclic) bond motifs is 4. The Morgan fingerprint density at radius 3 is 1.02 bits per heavy atom. The van der Waals surface area contributed by atoms with E-state index < -0.39 is 119 Å². The molecule has 4 aromatic rings. The second kappa shape index (κ2) is 20.8. The molecule has 0 bridgehead atoms. The highest BCUT2D eigenvalue weighted by Gasteiger charge is 2.81. The van der Waals surface area contributed by atoms with Gasteiger partial charge in [0.15, 0.2) is 47.7 Å². The van der Waals surface area contributed by atoms with Crippen molar-refractivity contribution in [1.82, 2.24) is 62.5 Å². The van der Waals surface area contributed by atoms with Crippen molar-refractivity contribution in [3.8, 4) is 0 Å². The summed E-state index contributed by atoms with van der Waals surface area (Å²) in [6, 6.07) is 6.32. The Kier molecular flexibility index (Phi) is 14.6. The lowest BCUT2D eigenvalue weighted by atomic mass is 9.70. The van der Waals surface area contributed by atoms with E-state index >= 15 is 0 Å². The van der Waals surface area contributed by atoms with Crippen LogP contribution in [0.1, 0.15) is 42.0 Å². The van der Waals surface area contributed by atoms with E-state index in [9.17, 15) is 29.4 Å². The summed E-state index contributed by atoms with van der Waals surface area (Å²) in [5, 5.41) is 51.4. The number of nitrogens with two attached hydrogens (primary N) is 4. The number of carbonyl (C=O) groups excluding carboxylic acids is 4. The normalized spacial score (nSPS) is 35.5. The largest absolute Gasteiger partial charge is 0.370 e. The Labute approximate surface area is 523 Å². The van der Waals surface area contributed by atoms with Crippen molar-refractivity contribution in [2.24, 2.45) is 78.4 Å². The zero-order valence-electron chi connectivity index (χ0n) is 40.9. The van der Waals surface area contributed by atoms with Gasteiger partial charge in [0, 0.05) is 49.9 Å². The highest BCUT2D eigenvalue weighted by atomic mass is 79.9. The molecule has 16 atom stereocenters. The summed E-state index contributed by atoms with van der Waals surface area (Å²) in [5.41, 5.74) is 18.9. The second-order valence-corrected chi connectivity index (χ2v) is 27.2. The highest BCUT2D eigenvalue weighted by molar-refractivity contribution is 9.14. The first-order valence-electron chi connectivity index (χ1n) is 24.5. The Morgan fingerprint density at radius 2 is 0.741 bits per heavy atom. The van der Waals surface area contributed by atoms with Crippen LogP contribution in [0.5, 0.6) is 0 Å². The number of ether oxygens (including phenoxy) is 3. The molecule has 4 fully saturated rings. The van der Waals surface area contributed by atoms with Gasteiger partial charge in [0.2, 0.25) is 12.5 Å². The van der Waals surface area contributed by atoms with Crippen LogP contribution < -0.4 is 65.5 Å². The molecule has 2 saturated carbocycles. The molecule has 4 unspecified atom stereocenters. The zero-order chi connectivity index (χ0) is 57.6. The van der Waals surface area contributed by atoms with E-state index in [1.165, 1.54) is 0 Å². The molecular formula is C44H46Br8N20O9. The minimum absolute atomic E-state index is 0.128. The number of hydrogen-bond acceptors (Lipinski definition) is 21. The predicted octanol–water partition coefficient (Wildman–Crippen LogP) is 0.488. The molecule has 37 heteroatoms. The molecule has 6 aliphatic heterocycles. The maximum atomic E-state index is 14.4. The summed E-state index contributed by atoms with van der Waals surface area (Å²) in [7, 11) is 0. The first-order valence-corrected chi connectivity index (χ1v) is 30.9. The van der Waals surface area contributed by atoms with Gasteiger partial charge in [-0.25, -0.2) is 20.0 Å². The Hall–Kier alpha value is -4.28. The smallest absolute Gasteiger partial charge is 0.267 e. The Morgan fingerprint density at radius 1 is 0.469 bits per heavy atom. The van der Waals surface area contributed by atoms with Crippen LogP contribution in [0.2, 0.25) is 0 Å². The SMILES string of the molecule is NC1=N[C@H]2O[C@H]3N=C(N)N[C@@]3(O)C3C(CNC(=O)c4cc(Br)c(Br)[nH]4)[C@@H](CNC(=O)c4cc(Br)c(Br)[nH]4)[C@H](O[C@H]4[C@H](CNC(=O)c5cc(Br)c(Br)[nH]5)C(CNC(=O)c5cc(Br)c(Br)[nH]5)C5[C@]46NC(N)=N[C@H]6O[C@H]4N=C(N)N[C@@]54O)[C@@]32N1. The zero-order valence-corrected chi connectivity index (χ0v) is 53.6. The molecule has 81 heavy (non-hydrogen) atoms. The van der Waals surface area contributed by atoms with Gasteiger partial charge in [-0.05, 0) is 164 Å². The van der Waals surface area contributed by atoms with Crippen molar-refractivity contribution in [2.45, 2.75) is 59.6 Å². The lowest BCUT2D eigenvalue weighted by Gasteiger charge is -2.54. The first-order chi connectivity index (χ1) is 38.4. The number of amides is 4. The van der Waals surface area contributed by atoms with Crippen LogP contribution >= 0.6 is 127 Å². The molecule has 29 nitrogen and oxygen atoms in total. The number of aliphatic hydroxyl groups is 2. The molecule has 0 radical (unpaired) electrons. The van der Waals surface area contributed by atoms with Gasteiger partial charge in [0.25, 0.3) is 23.6 Å². The van der Waals surface area contributed by atoms with Gasteiger partial charge in [-0.15, -0.1) is 0 Å². The fourth-order valence-electron chi connectivity index (χ4n) is 13.4. The number of aromatic amines is 4. The molecule has 4 amide bonds. The standard InChI is InChI=1S/C44H46Br8N20O9/c45-13-1-17(61-25(13)49)29(73)57-5-9-11(7-59-31(75)19-3-15(47)27(51)63-19)23(41-21(9)43(77)35(67-39(55)71-43)80-33(41)65-37(53)69-41)79-24-12(8-60-32(76)20-4-16(48)28(52)64-20)10(6-58-30(74)18-2-14(46)26(50)62-18)22-42(24)34(66-38(54)70-42)81-36-44(22,78)72-40(56)68-36/h1-4,9-12,21-24,33-36,61-64,77-78H,5-8H2,(H,57,73)(H,58,74)(H,59,75)(H,60,76)(H3,53,65,69)(H3,54,66,70)(H3,55,67,71)(H3,56,68,72)/t9?,10?,11-,12-,21?,22?,23+,24+,33+,34+,35-,36-,41+,42+,43-,44-/m1/s1. The number of nitrogens with zero attached hydrogens (tertiary/aromatic N) is 4. The average molecular weight is 1640 g/mol. The second-order valence-electron chi connectivity index (χ2n) is 20.6. The summed E-state index contributed by atoms with van der Waals surface area (Å²) < 4.78 is 25.4. The van der Waals surface area contributed by atoms with E-state index in [1.807, 2.05) is 0 Å². The van der Waals surface area contributed by atoms with Gasteiger partial charge in [0.1, 0.15) is 33.9 Å². The monoisotopic (exact) mass is 1630 g/mol. The average Bonchev–Trinajstić information content (AvgIpc) is 2.63. The Balaban J connectivity index is 1.03. The number of guanidine groups is 4. The van der Waals surface area contributed by atoms with Gasteiger partial charge >= 0.3 is 0 Å². The number of H-pyrrole nitrogens is 4. The third-order valence-electron chi connectivity index (χ3n) is 16.3. The van der Waals surface area contributed by atoms with Gasteiger partial charge in [-0.2, -0.15) is 0 Å². The van der Waals surface area contributed by atoms with Crippen LogP contribution in [-0.2, 0) is 14.2 Å². The molecule has 432 valence electrons. The fraction of sp³-hybridized carbons (Fsp3) is 0.455. The van der Waals surface area contributed by atoms with Crippen LogP contribution in [-0.4, -0.2) is 163 Å². The lowest BCUT2D eigenvalue weighted by Crippen LogP contribution is -2.78. The van der Waals surface area contributed by atoms with E-state index in [0.717, 1.165) is 0 Å². The van der Waals surface area contributed by atoms with Crippen molar-refractivity contribution in [3.63, 3.8) is 0 Å². The van der Waals surface area contributed by atoms with E-state index in [4.69, 9.17) is 47.1 Å². The van der Waals surface area contributed by atoms with E-state index in [-0.39, 0.29) is 72.8 Å². The molecule has 2 spiro atoms. The summed E-state index contributed by atoms with van der Waals surface area (Å²) >= 11 is 27.4. The van der Waals surface area contributed by atoms with Crippen molar-refractivity contribution in [1.29, 1.82) is 0 Å². The van der Waals surface area contributed by atoms with Crippen LogP contribution in [0.15, 0.2) is 80.5 Å². The van der Waals surface area contributed by atoms with E-state index in [2.05, 4.69) is 200 Å². The topological polar surface area (TPSA) is 449 Å². The third-order valence-corrected chi connectivity index (χ3v) is 23.4. The predicted molar refractivity (Wildman–Crippen MR) is 315 cm³/mol. The van der Waals surface area contributed by atoms with Gasteiger partial charge in [-0.3, -0.25) is 19.2 Å². The quantitative estimate of drug-likeness (QED) is 0.0817. The number of rotatable bonds is 14. The summed E-state index contributed by atoms with van der Waals surface area (Å²) in [6.07, 6.45) is -8.21. The third kappa shape index (κ3) is 9.18. The lowest BCUT2D eigenvalue weighted by molar-refractivity contribution is -0.265. The van der Waals surface area contributed by atoms with Crippen molar-refractivity contribution in [2.75, 3.05) is 26.2 Å². The highest BCUT2D eigenvalue weighted by Crippen LogP contribution is 2.63. The van der Waals surface area contributed by atoms with Crippen LogP contribution in [0.4, 0.5) is 0 Å². The number of halogens is 8. The van der Waals surface area contributed by atoms with Crippen molar-refractivity contribution < 1.29 is 43.6 Å². The maximum Gasteiger partial charge on any atom is 0.267 e. The molecule has 10 heterocycles. The fourth-order valence-corrected chi connectivity index (χ4v) is 16.0. The summed E-state index contributed by atoms with van der Waals surface area (Å²) in [6.45, 7) is -0.919. The minimum atomic E-state index is -2.20. The number of hydrogen-bond donors (Lipinski definition) is 18. The molecule has 12 rings (SSSR count). The molecule has 22 N–H and O–H groups in total. The number of carbonyl (C=O) groups is 4. The summed E-state index contributed by atoms with van der Waals surface area (Å²) in [5.74, 6) is -9.17. The molecular weight excluding hydrogens is 1590 g/mol. The summed E-state index contributed by atoms with van der Waals surface area (Å²) in [4.78, 5) is 87.6. The number of nitrogens with one attached hydrogen (secondary N) is 12. The minimum Gasteiger partial charge on any atom is -0.370 e. The van der Waals surface area contributed by atoms with Crippen LogP contribution in [0.3, 0.4) is 0 Å². The van der Waals surface area contributed by atoms with Crippen molar-refractivity contribution in [3.05, 3.63) is 83.3 Å². The van der Waals surface area contributed by atoms with Crippen molar-refractivity contribution >= 4 is 175 Å². The molecule has 0 aromatic carbocycles. The molecule has 2 aliphatic carbocycles. The van der Waals surface area contributed by atoms with Crippen LogP contribution in [0.25, 0.3) is 0 Å². The van der Waals surface area contributed by atoms with E-state index in [0.29, 0.717) is 36.3 Å². The molecule has 4 aromatic heterocycles. The maximum absolute atomic E-state index is 14.4. The van der Waals surface area contributed by atoms with Gasteiger partial charge < -0.3 is 110 Å². The molecule has 8 aliphatic rings.